The van der Waals surface area contributed by atoms with Gasteiger partial charge in [-0.3, -0.25) is 0 Å². The molecule has 1 N–H and O–H groups in total. The van der Waals surface area contributed by atoms with Crippen molar-refractivity contribution in [1.29, 1.82) is 0 Å². The Kier molecular flexibility index (Phi) is 4.43. The minimum Gasteiger partial charge on any atom is -0.387 e. The molecule has 0 radical (unpaired) electrons. The van der Waals surface area contributed by atoms with Crippen LogP contribution in [0.2, 0.25) is 0 Å². The zero-order valence-electron chi connectivity index (χ0n) is 11.9. The van der Waals surface area contributed by atoms with E-state index in [0.717, 1.165) is 18.4 Å². The van der Waals surface area contributed by atoms with Crippen LogP contribution in [0.3, 0.4) is 0 Å². The fourth-order valence-corrected chi connectivity index (χ4v) is 3.62. The molecule has 102 valence electrons. The van der Waals surface area contributed by atoms with Crippen LogP contribution in [0.5, 0.6) is 0 Å². The summed E-state index contributed by atoms with van der Waals surface area (Å²) in [6.07, 6.45) is 1.43. The van der Waals surface area contributed by atoms with Crippen LogP contribution in [0.25, 0.3) is 0 Å². The number of thiophene rings is 1. The molecule has 0 saturated carbocycles. The molecule has 1 aromatic carbocycles. The van der Waals surface area contributed by atoms with Crippen molar-refractivity contribution < 1.29 is 5.11 Å². The molecule has 0 bridgehead atoms. The number of aliphatic hydroxyl groups excluding tert-OH is 1. The SMILES string of the molecule is CCC(CC)(c1ccccc1)C(O)c1csc(C)c1. The maximum absolute atomic E-state index is 10.9. The van der Waals surface area contributed by atoms with Gasteiger partial charge in [-0.25, -0.2) is 0 Å². The van der Waals surface area contributed by atoms with E-state index in [2.05, 4.69) is 56.5 Å². The van der Waals surface area contributed by atoms with Crippen molar-refractivity contribution in [3.05, 3.63) is 57.8 Å². The van der Waals surface area contributed by atoms with Crippen molar-refractivity contribution in [2.75, 3.05) is 0 Å². The van der Waals surface area contributed by atoms with Gasteiger partial charge in [0.25, 0.3) is 0 Å². The van der Waals surface area contributed by atoms with E-state index >= 15 is 0 Å². The van der Waals surface area contributed by atoms with E-state index in [1.807, 2.05) is 6.07 Å². The van der Waals surface area contributed by atoms with E-state index in [-0.39, 0.29) is 5.41 Å². The van der Waals surface area contributed by atoms with Gasteiger partial charge in [0.15, 0.2) is 0 Å². The van der Waals surface area contributed by atoms with Crippen LogP contribution in [0.15, 0.2) is 41.8 Å². The van der Waals surface area contributed by atoms with Gasteiger partial charge in [-0.1, -0.05) is 44.2 Å². The summed E-state index contributed by atoms with van der Waals surface area (Å²) < 4.78 is 0. The third kappa shape index (κ3) is 2.60. The summed E-state index contributed by atoms with van der Waals surface area (Å²) in [6.45, 7) is 6.42. The Labute approximate surface area is 119 Å². The minimum absolute atomic E-state index is 0.186. The molecule has 2 aromatic rings. The van der Waals surface area contributed by atoms with Crippen molar-refractivity contribution in [2.24, 2.45) is 0 Å². The largest absolute Gasteiger partial charge is 0.387 e. The van der Waals surface area contributed by atoms with Crippen LogP contribution in [0.1, 0.15) is 48.8 Å². The van der Waals surface area contributed by atoms with E-state index in [0.29, 0.717) is 0 Å². The molecule has 0 aliphatic rings. The predicted molar refractivity (Wildman–Crippen MR) is 82.7 cm³/mol. The summed E-state index contributed by atoms with van der Waals surface area (Å²) in [7, 11) is 0. The Bertz CT molecular complexity index is 511. The molecule has 2 rings (SSSR count). The van der Waals surface area contributed by atoms with Gasteiger partial charge in [0.2, 0.25) is 0 Å². The van der Waals surface area contributed by atoms with E-state index in [4.69, 9.17) is 0 Å². The summed E-state index contributed by atoms with van der Waals surface area (Å²) in [5.74, 6) is 0. The molecule has 0 fully saturated rings. The molecule has 0 aliphatic carbocycles. The van der Waals surface area contributed by atoms with Crippen LogP contribution >= 0.6 is 11.3 Å². The van der Waals surface area contributed by atoms with Gasteiger partial charge >= 0.3 is 0 Å². The summed E-state index contributed by atoms with van der Waals surface area (Å²) >= 11 is 1.71. The maximum Gasteiger partial charge on any atom is 0.0894 e. The molecule has 1 aromatic heterocycles. The Morgan fingerprint density at radius 2 is 1.79 bits per heavy atom. The first-order valence-electron chi connectivity index (χ1n) is 6.92. The van der Waals surface area contributed by atoms with Gasteiger partial charge in [-0.2, -0.15) is 0 Å². The molecule has 1 unspecified atom stereocenters. The van der Waals surface area contributed by atoms with E-state index in [1.165, 1.54) is 10.4 Å². The third-order valence-corrected chi connectivity index (χ3v) is 5.08. The highest BCUT2D eigenvalue weighted by Gasteiger charge is 2.37. The highest BCUT2D eigenvalue weighted by molar-refractivity contribution is 7.10. The fraction of sp³-hybridized carbons (Fsp3) is 0.412. The van der Waals surface area contributed by atoms with Crippen LogP contribution in [0, 0.1) is 6.92 Å². The number of aryl methyl sites for hydroxylation is 1. The second-order valence-corrected chi connectivity index (χ2v) is 6.24. The average Bonchev–Trinajstić information content (AvgIpc) is 2.88. The summed E-state index contributed by atoms with van der Waals surface area (Å²) in [5.41, 5.74) is 2.10. The van der Waals surface area contributed by atoms with Gasteiger partial charge in [-0.05, 0) is 42.3 Å². The zero-order valence-corrected chi connectivity index (χ0v) is 12.7. The normalized spacial score (nSPS) is 13.5. The molecule has 1 heterocycles. The first kappa shape index (κ1) is 14.3. The van der Waals surface area contributed by atoms with Gasteiger partial charge in [0.05, 0.1) is 6.10 Å². The molecule has 1 atom stereocenters. The first-order chi connectivity index (χ1) is 9.14. The summed E-state index contributed by atoms with van der Waals surface area (Å²) in [6, 6.07) is 12.5. The highest BCUT2D eigenvalue weighted by atomic mass is 32.1. The van der Waals surface area contributed by atoms with E-state index in [9.17, 15) is 5.11 Å². The fourth-order valence-electron chi connectivity index (χ4n) is 2.90. The average molecular weight is 274 g/mol. The lowest BCUT2D eigenvalue weighted by Gasteiger charge is -2.37. The standard InChI is InChI=1S/C17H22OS/c1-4-17(5-2,15-9-7-6-8-10-15)16(18)14-11-13(3)19-12-14/h6-12,16,18H,4-5H2,1-3H3. The van der Waals surface area contributed by atoms with Crippen molar-refractivity contribution in [1.82, 2.24) is 0 Å². The Balaban J connectivity index is 2.45. The number of rotatable bonds is 5. The van der Waals surface area contributed by atoms with Crippen molar-refractivity contribution in [3.8, 4) is 0 Å². The van der Waals surface area contributed by atoms with Gasteiger partial charge in [0.1, 0.15) is 0 Å². The van der Waals surface area contributed by atoms with Gasteiger partial charge < -0.3 is 5.11 Å². The lowest BCUT2D eigenvalue weighted by atomic mass is 9.70. The minimum atomic E-state index is -0.435. The Morgan fingerprint density at radius 1 is 1.16 bits per heavy atom. The molecule has 0 amide bonds. The van der Waals surface area contributed by atoms with Gasteiger partial charge in [0, 0.05) is 10.3 Å². The quantitative estimate of drug-likeness (QED) is 0.826. The second-order valence-electron chi connectivity index (χ2n) is 5.12. The van der Waals surface area contributed by atoms with E-state index in [1.54, 1.807) is 11.3 Å². The molecule has 2 heteroatoms. The molecule has 0 aliphatic heterocycles. The number of benzene rings is 1. The smallest absolute Gasteiger partial charge is 0.0894 e. The lowest BCUT2D eigenvalue weighted by molar-refractivity contribution is 0.0731. The second kappa shape index (κ2) is 5.89. The third-order valence-electron chi connectivity index (χ3n) is 4.20. The topological polar surface area (TPSA) is 20.2 Å². The molecule has 1 nitrogen and oxygen atoms in total. The number of hydrogen-bond acceptors (Lipinski definition) is 2. The molecule has 0 spiro atoms. The Morgan fingerprint density at radius 3 is 2.26 bits per heavy atom. The van der Waals surface area contributed by atoms with Crippen molar-refractivity contribution in [2.45, 2.75) is 45.1 Å². The first-order valence-corrected chi connectivity index (χ1v) is 7.80. The molecule has 0 saturated heterocycles. The number of hydrogen-bond donors (Lipinski definition) is 1. The van der Waals surface area contributed by atoms with Crippen molar-refractivity contribution in [3.63, 3.8) is 0 Å². The van der Waals surface area contributed by atoms with Crippen LogP contribution in [0.4, 0.5) is 0 Å². The van der Waals surface area contributed by atoms with Crippen LogP contribution in [-0.2, 0) is 5.41 Å². The molecular weight excluding hydrogens is 252 g/mol. The zero-order chi connectivity index (χ0) is 13.9. The van der Waals surface area contributed by atoms with Gasteiger partial charge in [-0.15, -0.1) is 11.3 Å². The molecule has 19 heavy (non-hydrogen) atoms. The summed E-state index contributed by atoms with van der Waals surface area (Å²) in [5, 5.41) is 13.0. The van der Waals surface area contributed by atoms with Crippen molar-refractivity contribution >= 4 is 11.3 Å². The highest BCUT2D eigenvalue weighted by Crippen LogP contribution is 2.43. The Hall–Kier alpha value is -1.12. The number of aliphatic hydroxyl groups is 1. The summed E-state index contributed by atoms with van der Waals surface area (Å²) in [4.78, 5) is 1.25. The monoisotopic (exact) mass is 274 g/mol. The lowest BCUT2D eigenvalue weighted by Crippen LogP contribution is -2.32. The van der Waals surface area contributed by atoms with E-state index < -0.39 is 6.10 Å². The molecular formula is C17H22OS. The predicted octanol–water partition coefficient (Wildman–Crippen LogP) is 4.85. The maximum atomic E-state index is 10.9. The van der Waals surface area contributed by atoms with Crippen LogP contribution < -0.4 is 0 Å². The van der Waals surface area contributed by atoms with Crippen LogP contribution in [-0.4, -0.2) is 5.11 Å².